The normalized spacial score (nSPS) is 16.8. The third-order valence-electron chi connectivity index (χ3n) is 4.54. The second-order valence-corrected chi connectivity index (χ2v) is 6.06. The minimum Gasteiger partial charge on any atom is -0.342 e. The van der Waals surface area contributed by atoms with Gasteiger partial charge in [-0.15, -0.1) is 12.4 Å². The predicted molar refractivity (Wildman–Crippen MR) is 89.9 cm³/mol. The summed E-state index contributed by atoms with van der Waals surface area (Å²) in [4.78, 5) is 14.4. The summed E-state index contributed by atoms with van der Waals surface area (Å²) in [5.74, 6) is -1.56. The second-order valence-electron chi connectivity index (χ2n) is 6.06. The highest BCUT2D eigenvalue weighted by molar-refractivity contribution is 5.85. The molecule has 6 heteroatoms. The van der Waals surface area contributed by atoms with E-state index in [2.05, 4.69) is 5.32 Å². The van der Waals surface area contributed by atoms with E-state index in [4.69, 9.17) is 0 Å². The zero-order valence-corrected chi connectivity index (χ0v) is 14.5. The van der Waals surface area contributed by atoms with Gasteiger partial charge in [0.05, 0.1) is 5.92 Å². The SMILES string of the molecule is CNCCC1CCN(C(=O)C(C)c2ccc(F)c(F)c2)CC1.Cl. The molecule has 0 radical (unpaired) electrons. The lowest BCUT2D eigenvalue weighted by Gasteiger charge is -2.33. The van der Waals surface area contributed by atoms with Crippen LogP contribution in [0.25, 0.3) is 0 Å². The van der Waals surface area contributed by atoms with Crippen LogP contribution in [-0.2, 0) is 4.79 Å². The molecule has 1 unspecified atom stereocenters. The summed E-state index contributed by atoms with van der Waals surface area (Å²) in [7, 11) is 1.95. The number of amides is 1. The highest BCUT2D eigenvalue weighted by Crippen LogP contribution is 2.25. The van der Waals surface area contributed by atoms with Gasteiger partial charge in [-0.1, -0.05) is 6.07 Å². The molecule has 0 spiro atoms. The molecule has 1 aromatic rings. The summed E-state index contributed by atoms with van der Waals surface area (Å²) in [5, 5.41) is 3.15. The summed E-state index contributed by atoms with van der Waals surface area (Å²) in [6.07, 6.45) is 3.16. The fraction of sp³-hybridized carbons (Fsp3) is 0.588. The molecule has 0 aromatic heterocycles. The van der Waals surface area contributed by atoms with E-state index in [1.165, 1.54) is 6.07 Å². The molecule has 1 aliphatic rings. The van der Waals surface area contributed by atoms with Crippen molar-refractivity contribution in [3.05, 3.63) is 35.4 Å². The first-order valence-electron chi connectivity index (χ1n) is 7.91. The lowest BCUT2D eigenvalue weighted by atomic mass is 9.92. The quantitative estimate of drug-likeness (QED) is 0.886. The summed E-state index contributed by atoms with van der Waals surface area (Å²) in [6.45, 7) is 4.26. The standard InChI is InChI=1S/C17H24F2N2O.ClH/c1-12(14-3-4-15(18)16(19)11-14)17(22)21-9-6-13(7-10-21)5-8-20-2;/h3-4,11-13,20H,5-10H2,1-2H3;1H. The molecule has 0 bridgehead atoms. The van der Waals surface area contributed by atoms with E-state index >= 15 is 0 Å². The number of nitrogens with zero attached hydrogens (tertiary/aromatic N) is 1. The zero-order chi connectivity index (χ0) is 16.1. The number of rotatable bonds is 5. The van der Waals surface area contributed by atoms with Crippen molar-refractivity contribution in [3.63, 3.8) is 0 Å². The van der Waals surface area contributed by atoms with Crippen molar-refractivity contribution >= 4 is 18.3 Å². The number of benzene rings is 1. The Hall–Kier alpha value is -1.20. The van der Waals surface area contributed by atoms with Gasteiger partial charge in [-0.2, -0.15) is 0 Å². The Morgan fingerprint density at radius 1 is 1.30 bits per heavy atom. The van der Waals surface area contributed by atoms with Gasteiger partial charge in [0, 0.05) is 13.1 Å². The van der Waals surface area contributed by atoms with Crippen LogP contribution in [0.15, 0.2) is 18.2 Å². The van der Waals surface area contributed by atoms with E-state index < -0.39 is 17.6 Å². The molecule has 0 saturated carbocycles. The number of carbonyl (C=O) groups excluding carboxylic acids is 1. The highest BCUT2D eigenvalue weighted by atomic mass is 35.5. The van der Waals surface area contributed by atoms with Crippen molar-refractivity contribution in [2.45, 2.75) is 32.1 Å². The Morgan fingerprint density at radius 2 is 1.96 bits per heavy atom. The van der Waals surface area contributed by atoms with Crippen LogP contribution in [0.3, 0.4) is 0 Å². The molecule has 1 fully saturated rings. The average Bonchev–Trinajstić information content (AvgIpc) is 2.54. The zero-order valence-electron chi connectivity index (χ0n) is 13.6. The van der Waals surface area contributed by atoms with Crippen LogP contribution in [0.4, 0.5) is 8.78 Å². The fourth-order valence-electron chi connectivity index (χ4n) is 2.99. The summed E-state index contributed by atoms with van der Waals surface area (Å²) < 4.78 is 26.3. The Morgan fingerprint density at radius 3 is 2.52 bits per heavy atom. The summed E-state index contributed by atoms with van der Waals surface area (Å²) >= 11 is 0. The minimum atomic E-state index is -0.900. The van der Waals surface area contributed by atoms with Crippen molar-refractivity contribution in [1.82, 2.24) is 10.2 Å². The maximum atomic E-state index is 13.3. The van der Waals surface area contributed by atoms with Gasteiger partial charge >= 0.3 is 0 Å². The number of piperidine rings is 1. The third kappa shape index (κ3) is 5.15. The van der Waals surface area contributed by atoms with E-state index in [9.17, 15) is 13.6 Å². The molecular weight excluding hydrogens is 322 g/mol. The fourth-order valence-corrected chi connectivity index (χ4v) is 2.99. The molecule has 130 valence electrons. The van der Waals surface area contributed by atoms with Crippen LogP contribution < -0.4 is 5.32 Å². The second kappa shape index (κ2) is 9.18. The molecule has 1 N–H and O–H groups in total. The first-order valence-corrected chi connectivity index (χ1v) is 7.91. The molecule has 23 heavy (non-hydrogen) atoms. The Bertz CT molecular complexity index is 519. The van der Waals surface area contributed by atoms with Gasteiger partial charge < -0.3 is 10.2 Å². The Kier molecular flexibility index (Phi) is 7.92. The van der Waals surface area contributed by atoms with E-state index in [1.54, 1.807) is 6.92 Å². The maximum absolute atomic E-state index is 13.3. The lowest BCUT2D eigenvalue weighted by Crippen LogP contribution is -2.41. The van der Waals surface area contributed by atoms with Crippen LogP contribution in [0.1, 0.15) is 37.7 Å². The molecule has 1 heterocycles. The highest BCUT2D eigenvalue weighted by Gasteiger charge is 2.26. The lowest BCUT2D eigenvalue weighted by molar-refractivity contribution is -0.133. The van der Waals surface area contributed by atoms with Crippen LogP contribution in [-0.4, -0.2) is 37.5 Å². The van der Waals surface area contributed by atoms with Crippen LogP contribution in [0.2, 0.25) is 0 Å². The van der Waals surface area contributed by atoms with E-state index in [0.29, 0.717) is 11.5 Å². The van der Waals surface area contributed by atoms with E-state index in [0.717, 1.165) is 51.0 Å². The van der Waals surface area contributed by atoms with Gasteiger partial charge in [-0.25, -0.2) is 8.78 Å². The first kappa shape index (κ1) is 19.8. The molecule has 1 aromatic carbocycles. The summed E-state index contributed by atoms with van der Waals surface area (Å²) in [6, 6.07) is 3.69. The molecule has 1 amide bonds. The number of likely N-dealkylation sites (tertiary alicyclic amines) is 1. The van der Waals surface area contributed by atoms with Gasteiger partial charge in [-0.3, -0.25) is 4.79 Å². The van der Waals surface area contributed by atoms with Gasteiger partial charge in [0.15, 0.2) is 11.6 Å². The number of nitrogens with one attached hydrogen (secondary N) is 1. The first-order chi connectivity index (χ1) is 10.5. The largest absolute Gasteiger partial charge is 0.342 e. The molecule has 1 saturated heterocycles. The molecular formula is C17H25ClF2N2O. The van der Waals surface area contributed by atoms with Crippen LogP contribution in [0.5, 0.6) is 0 Å². The third-order valence-corrected chi connectivity index (χ3v) is 4.54. The topological polar surface area (TPSA) is 32.3 Å². The Balaban J connectivity index is 0.00000264. The van der Waals surface area contributed by atoms with E-state index in [-0.39, 0.29) is 18.3 Å². The molecule has 1 aliphatic heterocycles. The average molecular weight is 347 g/mol. The number of carbonyl (C=O) groups is 1. The van der Waals surface area contributed by atoms with Crippen LogP contribution >= 0.6 is 12.4 Å². The number of halogens is 3. The monoisotopic (exact) mass is 346 g/mol. The van der Waals surface area contributed by atoms with Crippen molar-refractivity contribution in [2.24, 2.45) is 5.92 Å². The van der Waals surface area contributed by atoms with Crippen LogP contribution in [0, 0.1) is 17.6 Å². The minimum absolute atomic E-state index is 0. The van der Waals surface area contributed by atoms with Gasteiger partial charge in [0.2, 0.25) is 5.91 Å². The number of hydrogen-bond donors (Lipinski definition) is 1. The molecule has 0 aliphatic carbocycles. The van der Waals surface area contributed by atoms with Gasteiger partial charge in [-0.05, 0) is 63.4 Å². The smallest absolute Gasteiger partial charge is 0.229 e. The van der Waals surface area contributed by atoms with Crippen molar-refractivity contribution < 1.29 is 13.6 Å². The molecule has 1 atom stereocenters. The molecule has 2 rings (SSSR count). The number of hydrogen-bond acceptors (Lipinski definition) is 2. The predicted octanol–water partition coefficient (Wildman–Crippen LogP) is 3.34. The molecule has 3 nitrogen and oxygen atoms in total. The van der Waals surface area contributed by atoms with Crippen molar-refractivity contribution in [1.29, 1.82) is 0 Å². The summed E-state index contributed by atoms with van der Waals surface area (Å²) in [5.41, 5.74) is 0.529. The Labute approximate surface area is 142 Å². The van der Waals surface area contributed by atoms with E-state index in [1.807, 2.05) is 11.9 Å². The maximum Gasteiger partial charge on any atom is 0.229 e. The van der Waals surface area contributed by atoms with Crippen molar-refractivity contribution in [2.75, 3.05) is 26.7 Å². The van der Waals surface area contributed by atoms with Gasteiger partial charge in [0.25, 0.3) is 0 Å². The van der Waals surface area contributed by atoms with Gasteiger partial charge in [0.1, 0.15) is 0 Å². The van der Waals surface area contributed by atoms with Crippen molar-refractivity contribution in [3.8, 4) is 0 Å².